The van der Waals surface area contributed by atoms with Gasteiger partial charge in [-0.25, -0.2) is 0 Å². The number of aliphatic hydroxyl groups is 2. The van der Waals surface area contributed by atoms with Crippen molar-refractivity contribution >= 4 is 11.8 Å². The zero-order valence-electron chi connectivity index (χ0n) is 9.60. The summed E-state index contributed by atoms with van der Waals surface area (Å²) in [4.78, 5) is 0. The molecule has 0 bridgehead atoms. The molecule has 0 spiro atoms. The van der Waals surface area contributed by atoms with Gasteiger partial charge in [0, 0.05) is 13.1 Å². The maximum atomic E-state index is 9.71. The van der Waals surface area contributed by atoms with Gasteiger partial charge in [-0.3, -0.25) is 10.8 Å². The third-order valence-corrected chi connectivity index (χ3v) is 2.52. The van der Waals surface area contributed by atoms with Crippen LogP contribution in [0.5, 0.6) is 0 Å². The van der Waals surface area contributed by atoms with Crippen LogP contribution >= 0.6 is 0 Å². The minimum absolute atomic E-state index is 0.160. The van der Waals surface area contributed by atoms with E-state index in [0.717, 1.165) is 0 Å². The van der Waals surface area contributed by atoms with Gasteiger partial charge in [0.15, 0.2) is 5.96 Å². The molecule has 1 fully saturated rings. The summed E-state index contributed by atoms with van der Waals surface area (Å²) in [5.74, 6) is 0.0489. The fourth-order valence-electron chi connectivity index (χ4n) is 1.63. The van der Waals surface area contributed by atoms with E-state index in [1.54, 1.807) is 6.92 Å². The lowest BCUT2D eigenvalue weighted by Crippen LogP contribution is -2.42. The van der Waals surface area contributed by atoms with E-state index in [2.05, 4.69) is 10.6 Å². The van der Waals surface area contributed by atoms with E-state index in [4.69, 9.17) is 21.3 Å². The molecule has 0 aliphatic carbocycles. The first-order valence-corrected chi connectivity index (χ1v) is 5.30. The molecule has 0 aromatic carbocycles. The van der Waals surface area contributed by atoms with E-state index < -0.39 is 24.4 Å². The Morgan fingerprint density at radius 2 is 1.65 bits per heavy atom. The zero-order valence-corrected chi connectivity index (χ0v) is 9.60. The van der Waals surface area contributed by atoms with Crippen LogP contribution in [0.3, 0.4) is 0 Å². The topological polar surface area (TPSA) is 147 Å². The van der Waals surface area contributed by atoms with Crippen LogP contribution in [0.4, 0.5) is 0 Å². The summed E-state index contributed by atoms with van der Waals surface area (Å²) in [5.41, 5.74) is 5.12. The summed E-state index contributed by atoms with van der Waals surface area (Å²) in [5, 5.41) is 38.8. The van der Waals surface area contributed by atoms with Gasteiger partial charge in [-0.05, 0) is 6.92 Å². The van der Waals surface area contributed by atoms with E-state index in [1.807, 2.05) is 0 Å². The molecular formula is C9H19N5O3. The lowest BCUT2D eigenvalue weighted by molar-refractivity contribution is 0.0136. The summed E-state index contributed by atoms with van der Waals surface area (Å²) < 4.78 is 5.41. The molecule has 1 aliphatic heterocycles. The number of aliphatic hydroxyl groups excluding tert-OH is 2. The fourth-order valence-corrected chi connectivity index (χ4v) is 1.63. The van der Waals surface area contributed by atoms with Crippen molar-refractivity contribution in [2.24, 2.45) is 5.73 Å². The highest BCUT2D eigenvalue weighted by atomic mass is 16.5. The lowest BCUT2D eigenvalue weighted by atomic mass is 10.1. The largest absolute Gasteiger partial charge is 0.388 e. The Morgan fingerprint density at radius 3 is 2.06 bits per heavy atom. The molecule has 0 radical (unpaired) electrons. The van der Waals surface area contributed by atoms with Crippen LogP contribution in [-0.4, -0.2) is 59.5 Å². The van der Waals surface area contributed by atoms with Crippen LogP contribution < -0.4 is 16.4 Å². The number of nitrogens with one attached hydrogen (secondary N) is 4. The van der Waals surface area contributed by atoms with E-state index in [1.165, 1.54) is 0 Å². The smallest absolute Gasteiger partial charge is 0.185 e. The van der Waals surface area contributed by atoms with E-state index in [9.17, 15) is 10.2 Å². The molecule has 98 valence electrons. The predicted molar refractivity (Wildman–Crippen MR) is 62.0 cm³/mol. The van der Waals surface area contributed by atoms with Gasteiger partial charge in [0.1, 0.15) is 24.4 Å². The predicted octanol–water partition coefficient (Wildman–Crippen LogP) is -2.45. The standard InChI is InChI=1S/C9H19N5O3/c1-4(10)13-2-5-7(15)8(16)6(17-5)3-14-9(11)12/h5-8,15-16H,2-3H2,1H3,(H2,10,13)(H4,11,12,14)/t5-,6-,7-,8-/m1/s1. The van der Waals surface area contributed by atoms with Crippen LogP contribution in [0, 0.1) is 10.8 Å². The molecule has 1 saturated heterocycles. The summed E-state index contributed by atoms with van der Waals surface area (Å²) in [7, 11) is 0. The Kier molecular flexibility index (Phi) is 4.67. The molecule has 8 N–H and O–H groups in total. The monoisotopic (exact) mass is 245 g/mol. The Hall–Kier alpha value is -1.38. The Morgan fingerprint density at radius 1 is 1.18 bits per heavy atom. The fraction of sp³-hybridized carbons (Fsp3) is 0.778. The maximum Gasteiger partial charge on any atom is 0.185 e. The molecule has 0 aromatic heterocycles. The van der Waals surface area contributed by atoms with Crippen LogP contribution in [-0.2, 0) is 4.74 Å². The van der Waals surface area contributed by atoms with Gasteiger partial charge in [0.25, 0.3) is 0 Å². The third kappa shape index (κ3) is 3.84. The molecule has 4 atom stereocenters. The van der Waals surface area contributed by atoms with Gasteiger partial charge in [-0.15, -0.1) is 0 Å². The summed E-state index contributed by atoms with van der Waals surface area (Å²) >= 11 is 0. The van der Waals surface area contributed by atoms with E-state index in [0.29, 0.717) is 0 Å². The lowest BCUT2D eigenvalue weighted by Gasteiger charge is -2.15. The Bertz CT molecular complexity index is 270. The van der Waals surface area contributed by atoms with Crippen LogP contribution in [0.25, 0.3) is 0 Å². The summed E-state index contributed by atoms with van der Waals surface area (Å²) in [6.45, 7) is 1.99. The van der Waals surface area contributed by atoms with Crippen LogP contribution in [0.1, 0.15) is 6.92 Å². The molecule has 8 heteroatoms. The Balaban J connectivity index is 2.44. The number of hydrogen-bond donors (Lipinski definition) is 7. The average Bonchev–Trinajstić information content (AvgIpc) is 2.51. The molecule has 8 nitrogen and oxygen atoms in total. The number of nitrogens with two attached hydrogens (primary N) is 1. The second-order valence-electron chi connectivity index (χ2n) is 3.99. The maximum absolute atomic E-state index is 9.71. The van der Waals surface area contributed by atoms with Crippen molar-refractivity contribution in [3.05, 3.63) is 0 Å². The first kappa shape index (κ1) is 13.7. The second kappa shape index (κ2) is 5.80. The molecular weight excluding hydrogens is 226 g/mol. The Labute approximate surface area is 99.2 Å². The van der Waals surface area contributed by atoms with Gasteiger partial charge in [-0.2, -0.15) is 0 Å². The highest BCUT2D eigenvalue weighted by molar-refractivity contribution is 5.76. The number of ether oxygens (including phenoxy) is 1. The summed E-state index contributed by atoms with van der Waals surface area (Å²) in [6, 6.07) is 0. The van der Waals surface area contributed by atoms with Gasteiger partial charge in [-0.1, -0.05) is 0 Å². The van der Waals surface area contributed by atoms with E-state index in [-0.39, 0.29) is 24.9 Å². The van der Waals surface area contributed by atoms with Gasteiger partial charge in [0.05, 0.1) is 5.84 Å². The molecule has 0 saturated carbocycles. The number of hydrogen-bond acceptors (Lipinski definition) is 5. The number of amidine groups is 1. The van der Waals surface area contributed by atoms with Gasteiger partial charge in [0.2, 0.25) is 0 Å². The normalized spacial score (nSPS) is 32.2. The first-order valence-electron chi connectivity index (χ1n) is 5.30. The van der Waals surface area contributed by atoms with Crippen molar-refractivity contribution in [3.63, 3.8) is 0 Å². The zero-order chi connectivity index (χ0) is 13.0. The molecule has 1 rings (SSSR count). The molecule has 0 amide bonds. The second-order valence-corrected chi connectivity index (χ2v) is 3.99. The first-order chi connectivity index (χ1) is 7.91. The molecule has 1 heterocycles. The van der Waals surface area contributed by atoms with Crippen molar-refractivity contribution in [1.29, 1.82) is 10.8 Å². The summed E-state index contributed by atoms with van der Waals surface area (Å²) in [6.07, 6.45) is -3.24. The molecule has 0 aromatic rings. The van der Waals surface area contributed by atoms with Crippen molar-refractivity contribution in [2.45, 2.75) is 31.3 Å². The van der Waals surface area contributed by atoms with Crippen molar-refractivity contribution in [1.82, 2.24) is 10.6 Å². The van der Waals surface area contributed by atoms with Crippen molar-refractivity contribution in [3.8, 4) is 0 Å². The van der Waals surface area contributed by atoms with E-state index >= 15 is 0 Å². The molecule has 0 unspecified atom stereocenters. The van der Waals surface area contributed by atoms with Crippen LogP contribution in [0.15, 0.2) is 0 Å². The van der Waals surface area contributed by atoms with Gasteiger partial charge < -0.3 is 31.3 Å². The highest BCUT2D eigenvalue weighted by Crippen LogP contribution is 2.20. The number of guanidine groups is 1. The van der Waals surface area contributed by atoms with Gasteiger partial charge >= 0.3 is 0 Å². The minimum Gasteiger partial charge on any atom is -0.388 e. The minimum atomic E-state index is -1.03. The highest BCUT2D eigenvalue weighted by Gasteiger charge is 2.42. The number of rotatable bonds is 4. The van der Waals surface area contributed by atoms with Crippen LogP contribution in [0.2, 0.25) is 0 Å². The van der Waals surface area contributed by atoms with Crippen molar-refractivity contribution in [2.75, 3.05) is 13.1 Å². The molecule has 17 heavy (non-hydrogen) atoms. The SMILES string of the molecule is CC(=N)NC[C@H]1O[C@H](CNC(=N)N)[C@@H](O)[C@@H]1O. The van der Waals surface area contributed by atoms with Crippen molar-refractivity contribution < 1.29 is 14.9 Å². The third-order valence-electron chi connectivity index (χ3n) is 2.52. The quantitative estimate of drug-likeness (QED) is 0.216. The average molecular weight is 245 g/mol. The molecule has 1 aliphatic rings.